The Morgan fingerprint density at radius 2 is 2.00 bits per heavy atom. The van der Waals surface area contributed by atoms with Crippen molar-refractivity contribution >= 4 is 29.2 Å². The van der Waals surface area contributed by atoms with E-state index >= 15 is 0 Å². The van der Waals surface area contributed by atoms with Crippen LogP contribution in [0.5, 0.6) is 0 Å². The molecule has 0 atom stereocenters. The first-order chi connectivity index (χ1) is 8.16. The van der Waals surface area contributed by atoms with E-state index in [1.807, 2.05) is 30.3 Å². The van der Waals surface area contributed by atoms with Crippen molar-refractivity contribution in [1.82, 2.24) is 4.98 Å². The number of nitrogens with two attached hydrogens (primary N) is 1. The van der Waals surface area contributed by atoms with E-state index in [4.69, 9.17) is 22.7 Å². The van der Waals surface area contributed by atoms with Crippen LogP contribution >= 0.6 is 23.4 Å². The van der Waals surface area contributed by atoms with Crippen LogP contribution in [-0.2, 0) is 0 Å². The van der Waals surface area contributed by atoms with Crippen molar-refractivity contribution in [1.29, 1.82) is 5.41 Å². The molecule has 0 aliphatic heterocycles. The maximum atomic E-state index is 7.27. The fourth-order valence-electron chi connectivity index (χ4n) is 1.24. The molecule has 0 saturated carbocycles. The fourth-order valence-corrected chi connectivity index (χ4v) is 2.27. The minimum Gasteiger partial charge on any atom is -0.384 e. The van der Waals surface area contributed by atoms with Gasteiger partial charge < -0.3 is 5.73 Å². The Hall–Kier alpha value is -1.52. The highest BCUT2D eigenvalue weighted by Gasteiger charge is 2.03. The maximum Gasteiger partial charge on any atom is 0.124 e. The van der Waals surface area contributed by atoms with Crippen LogP contribution in [0.25, 0.3) is 0 Å². The second kappa shape index (κ2) is 5.21. The van der Waals surface area contributed by atoms with Crippen LogP contribution in [0.1, 0.15) is 5.56 Å². The number of hydrogen-bond donors (Lipinski definition) is 2. The smallest absolute Gasteiger partial charge is 0.124 e. The molecule has 0 aliphatic rings. The van der Waals surface area contributed by atoms with E-state index in [1.165, 1.54) is 11.8 Å². The number of aromatic nitrogens is 1. The van der Waals surface area contributed by atoms with Gasteiger partial charge in [-0.25, -0.2) is 4.98 Å². The Morgan fingerprint density at radius 3 is 2.59 bits per heavy atom. The third kappa shape index (κ3) is 2.99. The molecule has 0 bridgehead atoms. The molecular formula is C12H10ClN3S. The maximum absolute atomic E-state index is 7.27. The van der Waals surface area contributed by atoms with Crippen molar-refractivity contribution in [3.63, 3.8) is 0 Å². The first kappa shape index (κ1) is 12.0. The molecule has 3 nitrogen and oxygen atoms in total. The number of benzene rings is 1. The molecule has 0 spiro atoms. The number of rotatable bonds is 3. The van der Waals surface area contributed by atoms with Gasteiger partial charge >= 0.3 is 0 Å². The Bertz CT molecular complexity index is 540. The Kier molecular flexibility index (Phi) is 3.66. The molecule has 1 aromatic carbocycles. The van der Waals surface area contributed by atoms with Gasteiger partial charge in [0.1, 0.15) is 10.9 Å². The van der Waals surface area contributed by atoms with Gasteiger partial charge in [0.05, 0.1) is 5.02 Å². The molecule has 17 heavy (non-hydrogen) atoms. The van der Waals surface area contributed by atoms with Crippen molar-refractivity contribution in [2.75, 3.05) is 0 Å². The molecule has 0 radical (unpaired) electrons. The highest BCUT2D eigenvalue weighted by Crippen LogP contribution is 2.31. The molecule has 3 N–H and O–H groups in total. The number of pyridine rings is 1. The zero-order valence-corrected chi connectivity index (χ0v) is 10.4. The summed E-state index contributed by atoms with van der Waals surface area (Å²) in [5.74, 6) is 0.0202. The van der Waals surface area contributed by atoms with Crippen LogP contribution in [0.15, 0.2) is 52.5 Å². The van der Waals surface area contributed by atoms with Gasteiger partial charge in [-0.3, -0.25) is 5.41 Å². The number of amidine groups is 1. The molecule has 0 unspecified atom stereocenters. The van der Waals surface area contributed by atoms with Crippen molar-refractivity contribution in [2.24, 2.45) is 5.73 Å². The van der Waals surface area contributed by atoms with Gasteiger partial charge in [-0.15, -0.1) is 0 Å². The number of hydrogen-bond acceptors (Lipinski definition) is 3. The second-order valence-corrected chi connectivity index (χ2v) is 4.80. The highest BCUT2D eigenvalue weighted by atomic mass is 35.5. The molecular weight excluding hydrogens is 254 g/mol. The largest absolute Gasteiger partial charge is 0.384 e. The fraction of sp³-hybridized carbons (Fsp3) is 0. The molecule has 5 heteroatoms. The van der Waals surface area contributed by atoms with Crippen LogP contribution in [-0.4, -0.2) is 10.8 Å². The average molecular weight is 264 g/mol. The second-order valence-electron chi connectivity index (χ2n) is 3.33. The van der Waals surface area contributed by atoms with E-state index in [0.29, 0.717) is 10.6 Å². The lowest BCUT2D eigenvalue weighted by atomic mass is 10.3. The summed E-state index contributed by atoms with van der Waals surface area (Å²) in [5.41, 5.74) is 5.97. The van der Waals surface area contributed by atoms with E-state index in [-0.39, 0.29) is 5.84 Å². The minimum atomic E-state index is 0.0202. The van der Waals surface area contributed by atoms with Gasteiger partial charge in [0.25, 0.3) is 0 Å². The Morgan fingerprint density at radius 1 is 1.24 bits per heavy atom. The zero-order valence-electron chi connectivity index (χ0n) is 8.85. The average Bonchev–Trinajstić information content (AvgIpc) is 2.33. The summed E-state index contributed by atoms with van der Waals surface area (Å²) < 4.78 is 0. The van der Waals surface area contributed by atoms with E-state index < -0.39 is 0 Å². The molecule has 2 rings (SSSR count). The van der Waals surface area contributed by atoms with Crippen molar-refractivity contribution in [3.8, 4) is 0 Å². The van der Waals surface area contributed by atoms with Crippen LogP contribution in [0.2, 0.25) is 5.02 Å². The predicted molar refractivity (Wildman–Crippen MR) is 70.8 cm³/mol. The summed E-state index contributed by atoms with van der Waals surface area (Å²) in [6.07, 6.45) is 1.58. The summed E-state index contributed by atoms with van der Waals surface area (Å²) in [5, 5.41) is 8.80. The van der Waals surface area contributed by atoms with Crippen molar-refractivity contribution in [3.05, 3.63) is 53.2 Å². The number of nitrogen functional groups attached to an aromatic ring is 1. The molecule has 2 aromatic rings. The lowest BCUT2D eigenvalue weighted by Gasteiger charge is -2.03. The van der Waals surface area contributed by atoms with Gasteiger partial charge in [0, 0.05) is 16.7 Å². The summed E-state index contributed by atoms with van der Waals surface area (Å²) in [4.78, 5) is 5.18. The van der Waals surface area contributed by atoms with Crippen LogP contribution in [0.4, 0.5) is 0 Å². The zero-order chi connectivity index (χ0) is 12.3. The lowest BCUT2D eigenvalue weighted by molar-refractivity contribution is 1.12. The van der Waals surface area contributed by atoms with Gasteiger partial charge in [-0.1, -0.05) is 35.5 Å². The monoisotopic (exact) mass is 263 g/mol. The van der Waals surface area contributed by atoms with E-state index in [1.54, 1.807) is 12.3 Å². The van der Waals surface area contributed by atoms with Crippen molar-refractivity contribution < 1.29 is 0 Å². The van der Waals surface area contributed by atoms with E-state index in [0.717, 1.165) is 9.92 Å². The van der Waals surface area contributed by atoms with Gasteiger partial charge in [0.15, 0.2) is 0 Å². The molecule has 0 fully saturated rings. The number of nitrogens with one attached hydrogen (secondary N) is 1. The lowest BCUT2D eigenvalue weighted by Crippen LogP contribution is -2.10. The summed E-state index contributed by atoms with van der Waals surface area (Å²) in [6, 6.07) is 11.2. The summed E-state index contributed by atoms with van der Waals surface area (Å²) in [6.45, 7) is 0. The molecule has 1 heterocycles. The van der Waals surface area contributed by atoms with Gasteiger partial charge in [0.2, 0.25) is 0 Å². The summed E-state index contributed by atoms with van der Waals surface area (Å²) >= 11 is 7.53. The first-order valence-electron chi connectivity index (χ1n) is 4.89. The van der Waals surface area contributed by atoms with Crippen LogP contribution in [0.3, 0.4) is 0 Å². The Labute approximate surface area is 109 Å². The molecule has 0 aliphatic carbocycles. The SMILES string of the molecule is N=C(N)c1ccc(Sc2ccccc2Cl)nc1. The van der Waals surface area contributed by atoms with E-state index in [9.17, 15) is 0 Å². The molecule has 86 valence electrons. The topological polar surface area (TPSA) is 62.8 Å². The number of halogens is 1. The quantitative estimate of drug-likeness (QED) is 0.660. The predicted octanol–water partition coefficient (Wildman–Crippen LogP) is 3.17. The normalized spacial score (nSPS) is 10.2. The molecule has 1 aromatic heterocycles. The van der Waals surface area contributed by atoms with E-state index in [2.05, 4.69) is 4.98 Å². The standard InChI is InChI=1S/C12H10ClN3S/c13-9-3-1-2-4-10(9)17-11-6-5-8(7-16-11)12(14)15/h1-7H,(H3,14,15). The Balaban J connectivity index is 2.20. The minimum absolute atomic E-state index is 0.0202. The van der Waals surface area contributed by atoms with Crippen molar-refractivity contribution in [2.45, 2.75) is 9.92 Å². The third-order valence-electron chi connectivity index (χ3n) is 2.10. The first-order valence-corrected chi connectivity index (χ1v) is 6.09. The molecule has 0 amide bonds. The summed E-state index contributed by atoms with van der Waals surface area (Å²) in [7, 11) is 0. The van der Waals surface area contributed by atoms with Gasteiger partial charge in [-0.2, -0.15) is 0 Å². The number of nitrogens with zero attached hydrogens (tertiary/aromatic N) is 1. The molecule has 0 saturated heterocycles. The van der Waals surface area contributed by atoms with Crippen LogP contribution < -0.4 is 5.73 Å². The third-order valence-corrected chi connectivity index (χ3v) is 3.57. The van der Waals surface area contributed by atoms with Crippen LogP contribution in [0, 0.1) is 5.41 Å². The highest BCUT2D eigenvalue weighted by molar-refractivity contribution is 7.99. The van der Waals surface area contributed by atoms with Gasteiger partial charge in [-0.05, 0) is 24.3 Å².